The summed E-state index contributed by atoms with van der Waals surface area (Å²) in [5, 5.41) is 2.52. The van der Waals surface area contributed by atoms with Crippen molar-refractivity contribution in [1.29, 1.82) is 0 Å². The maximum absolute atomic E-state index is 11.5. The average Bonchev–Trinajstić information content (AvgIpc) is 2.37. The third-order valence-electron chi connectivity index (χ3n) is 1.93. The molecule has 0 aliphatic heterocycles. The van der Waals surface area contributed by atoms with Crippen molar-refractivity contribution >= 4 is 12.1 Å². The molecule has 1 amide bonds. The van der Waals surface area contributed by atoms with Crippen molar-refractivity contribution in [2.24, 2.45) is 0 Å². The van der Waals surface area contributed by atoms with Crippen molar-refractivity contribution in [3.63, 3.8) is 0 Å². The predicted octanol–water partition coefficient (Wildman–Crippen LogP) is 1.58. The van der Waals surface area contributed by atoms with E-state index in [2.05, 4.69) is 16.0 Å². The maximum Gasteiger partial charge on any atom is 0.513 e. The summed E-state index contributed by atoms with van der Waals surface area (Å²) in [5.74, 6) is 2.33. The largest absolute Gasteiger partial charge is 0.513 e. The van der Waals surface area contributed by atoms with Gasteiger partial charge >= 0.3 is 6.16 Å². The molecular weight excluding hydrogens is 234 g/mol. The van der Waals surface area contributed by atoms with Gasteiger partial charge in [-0.25, -0.2) is 4.79 Å². The number of nitrogens with one attached hydrogen (secondary N) is 1. The summed E-state index contributed by atoms with van der Waals surface area (Å²) in [5.41, 5.74) is 0.432. The summed E-state index contributed by atoms with van der Waals surface area (Å²) in [6.45, 7) is 2.09. The Bertz CT molecular complexity index is 459. The Morgan fingerprint density at radius 3 is 2.56 bits per heavy atom. The second-order valence-corrected chi connectivity index (χ2v) is 3.20. The van der Waals surface area contributed by atoms with Crippen molar-refractivity contribution in [2.45, 2.75) is 6.92 Å². The van der Waals surface area contributed by atoms with Gasteiger partial charge in [-0.15, -0.1) is 6.42 Å². The van der Waals surface area contributed by atoms with Gasteiger partial charge in [-0.05, 0) is 31.2 Å². The minimum absolute atomic E-state index is 0.167. The molecule has 0 aliphatic carbocycles. The van der Waals surface area contributed by atoms with E-state index in [1.807, 2.05) is 0 Å². The minimum atomic E-state index is -0.776. The molecule has 0 saturated heterocycles. The van der Waals surface area contributed by atoms with E-state index in [9.17, 15) is 9.59 Å². The third kappa shape index (κ3) is 4.18. The molecule has 5 heteroatoms. The van der Waals surface area contributed by atoms with Gasteiger partial charge in [0, 0.05) is 5.56 Å². The van der Waals surface area contributed by atoms with E-state index in [-0.39, 0.29) is 19.1 Å². The molecule has 0 fully saturated rings. The Balaban J connectivity index is 2.60. The van der Waals surface area contributed by atoms with Gasteiger partial charge in [0.05, 0.1) is 13.2 Å². The molecule has 5 nitrogen and oxygen atoms in total. The van der Waals surface area contributed by atoms with Gasteiger partial charge in [-0.2, -0.15) is 0 Å². The highest BCUT2D eigenvalue weighted by Crippen LogP contribution is 2.12. The van der Waals surface area contributed by atoms with E-state index < -0.39 is 6.16 Å². The molecule has 0 aromatic heterocycles. The second-order valence-electron chi connectivity index (χ2n) is 3.20. The molecular formula is C13H13NO4. The molecule has 0 atom stereocenters. The molecule has 94 valence electrons. The fourth-order valence-electron chi connectivity index (χ4n) is 1.15. The Morgan fingerprint density at radius 1 is 1.33 bits per heavy atom. The molecule has 0 heterocycles. The summed E-state index contributed by atoms with van der Waals surface area (Å²) < 4.78 is 9.46. The van der Waals surface area contributed by atoms with Gasteiger partial charge in [0.1, 0.15) is 5.75 Å². The molecule has 0 bridgehead atoms. The Kier molecular flexibility index (Phi) is 5.26. The van der Waals surface area contributed by atoms with Crippen LogP contribution in [0.1, 0.15) is 17.3 Å². The first kappa shape index (κ1) is 13.6. The van der Waals surface area contributed by atoms with Crippen molar-refractivity contribution in [1.82, 2.24) is 5.32 Å². The zero-order valence-electron chi connectivity index (χ0n) is 9.93. The first-order valence-electron chi connectivity index (χ1n) is 5.33. The van der Waals surface area contributed by atoms with Crippen LogP contribution in [-0.4, -0.2) is 25.2 Å². The van der Waals surface area contributed by atoms with Crippen molar-refractivity contribution in [3.05, 3.63) is 29.8 Å². The van der Waals surface area contributed by atoms with Gasteiger partial charge in [0.2, 0.25) is 0 Å². The molecule has 0 unspecified atom stereocenters. The van der Waals surface area contributed by atoms with Crippen molar-refractivity contribution < 1.29 is 19.1 Å². The van der Waals surface area contributed by atoms with Gasteiger partial charge in [-0.3, -0.25) is 4.79 Å². The zero-order chi connectivity index (χ0) is 13.4. The molecule has 1 aromatic carbocycles. The van der Waals surface area contributed by atoms with Gasteiger partial charge < -0.3 is 14.8 Å². The zero-order valence-corrected chi connectivity index (χ0v) is 9.93. The number of terminal acetylenes is 1. The third-order valence-corrected chi connectivity index (χ3v) is 1.93. The SMILES string of the molecule is C#CCNC(=O)c1ccc(OC(=O)OCC)cc1. The lowest BCUT2D eigenvalue weighted by atomic mass is 10.2. The summed E-state index contributed by atoms with van der Waals surface area (Å²) in [6, 6.07) is 6.06. The van der Waals surface area contributed by atoms with E-state index in [4.69, 9.17) is 11.2 Å². The number of rotatable bonds is 4. The fraction of sp³-hybridized carbons (Fsp3) is 0.231. The highest BCUT2D eigenvalue weighted by atomic mass is 16.7. The van der Waals surface area contributed by atoms with Crippen LogP contribution in [0.25, 0.3) is 0 Å². The maximum atomic E-state index is 11.5. The predicted molar refractivity (Wildman–Crippen MR) is 65.3 cm³/mol. The van der Waals surface area contributed by atoms with Crippen molar-refractivity contribution in [3.8, 4) is 18.1 Å². The molecule has 0 aliphatic rings. The Morgan fingerprint density at radius 2 is 2.00 bits per heavy atom. The smallest absolute Gasteiger partial charge is 0.434 e. The molecule has 1 aromatic rings. The Labute approximate surface area is 105 Å². The van der Waals surface area contributed by atoms with E-state index in [1.54, 1.807) is 6.92 Å². The molecule has 1 rings (SSSR count). The number of carbonyl (C=O) groups excluding carboxylic acids is 2. The van der Waals surface area contributed by atoms with E-state index in [0.29, 0.717) is 11.3 Å². The first-order chi connectivity index (χ1) is 8.67. The minimum Gasteiger partial charge on any atom is -0.434 e. The highest BCUT2D eigenvalue weighted by molar-refractivity contribution is 5.94. The fourth-order valence-corrected chi connectivity index (χ4v) is 1.15. The van der Waals surface area contributed by atoms with Gasteiger partial charge in [-0.1, -0.05) is 5.92 Å². The van der Waals surface area contributed by atoms with Crippen LogP contribution in [0, 0.1) is 12.3 Å². The lowest BCUT2D eigenvalue weighted by Gasteiger charge is -2.05. The van der Waals surface area contributed by atoms with Crippen LogP contribution in [0.2, 0.25) is 0 Å². The van der Waals surface area contributed by atoms with Crippen LogP contribution in [0.5, 0.6) is 5.75 Å². The standard InChI is InChI=1S/C13H13NO4/c1-3-9-14-12(15)10-5-7-11(8-6-10)18-13(16)17-4-2/h1,5-8H,4,9H2,2H3,(H,14,15). The van der Waals surface area contributed by atoms with E-state index in [0.717, 1.165) is 0 Å². The van der Waals surface area contributed by atoms with Gasteiger partial charge in [0.25, 0.3) is 5.91 Å². The van der Waals surface area contributed by atoms with Crippen LogP contribution >= 0.6 is 0 Å². The summed E-state index contributed by atoms with van der Waals surface area (Å²) >= 11 is 0. The van der Waals surface area contributed by atoms with Crippen LogP contribution in [0.3, 0.4) is 0 Å². The average molecular weight is 247 g/mol. The van der Waals surface area contributed by atoms with Crippen LogP contribution in [-0.2, 0) is 4.74 Å². The molecule has 18 heavy (non-hydrogen) atoms. The van der Waals surface area contributed by atoms with E-state index >= 15 is 0 Å². The Hall–Kier alpha value is -2.48. The van der Waals surface area contributed by atoms with E-state index in [1.165, 1.54) is 24.3 Å². The molecule has 0 saturated carbocycles. The first-order valence-corrected chi connectivity index (χ1v) is 5.33. The molecule has 1 N–H and O–H groups in total. The second kappa shape index (κ2) is 6.97. The van der Waals surface area contributed by atoms with Crippen LogP contribution < -0.4 is 10.1 Å². The number of amides is 1. The number of benzene rings is 1. The summed E-state index contributed by atoms with van der Waals surface area (Å²) in [6.07, 6.45) is 4.25. The number of ether oxygens (including phenoxy) is 2. The number of carbonyl (C=O) groups is 2. The number of hydrogen-bond donors (Lipinski definition) is 1. The van der Waals surface area contributed by atoms with Crippen LogP contribution in [0.15, 0.2) is 24.3 Å². The lowest BCUT2D eigenvalue weighted by Crippen LogP contribution is -2.23. The quantitative estimate of drug-likeness (QED) is 0.498. The molecule has 0 spiro atoms. The normalized spacial score (nSPS) is 9.11. The summed E-state index contributed by atoms with van der Waals surface area (Å²) in [4.78, 5) is 22.5. The van der Waals surface area contributed by atoms with Crippen molar-refractivity contribution in [2.75, 3.05) is 13.2 Å². The topological polar surface area (TPSA) is 64.6 Å². The lowest BCUT2D eigenvalue weighted by molar-refractivity contribution is 0.0958. The molecule has 0 radical (unpaired) electrons. The highest BCUT2D eigenvalue weighted by Gasteiger charge is 2.07. The number of hydrogen-bond acceptors (Lipinski definition) is 4. The monoisotopic (exact) mass is 247 g/mol. The summed E-state index contributed by atoms with van der Waals surface area (Å²) in [7, 11) is 0. The van der Waals surface area contributed by atoms with Gasteiger partial charge in [0.15, 0.2) is 0 Å². The van der Waals surface area contributed by atoms with Crippen LogP contribution in [0.4, 0.5) is 4.79 Å².